The molecule has 2 aromatic heterocycles. The summed E-state index contributed by atoms with van der Waals surface area (Å²) >= 11 is 0. The summed E-state index contributed by atoms with van der Waals surface area (Å²) < 4.78 is 14.6. The van der Waals surface area contributed by atoms with Crippen LogP contribution in [0.15, 0.2) is 53.5 Å². The highest BCUT2D eigenvalue weighted by molar-refractivity contribution is 5.40. The van der Waals surface area contributed by atoms with Crippen LogP contribution in [-0.2, 0) is 6.54 Å². The van der Waals surface area contributed by atoms with Gasteiger partial charge in [-0.1, -0.05) is 18.2 Å². The van der Waals surface area contributed by atoms with Crippen LogP contribution in [0.5, 0.6) is 0 Å². The average molecular weight is 325 g/mol. The maximum atomic E-state index is 13.1. The average Bonchev–Trinajstić information content (AvgIpc) is 2.55. The number of pyridine rings is 1. The molecular formula is C19H20FN3O. The largest absolute Gasteiger partial charge is 0.294 e. The molecule has 1 atom stereocenters. The lowest BCUT2D eigenvalue weighted by molar-refractivity contribution is 0.250. The molecule has 4 nitrogen and oxygen atoms in total. The molecule has 5 heteroatoms. The maximum absolute atomic E-state index is 13.1. The molecule has 1 aromatic carbocycles. The first-order valence-corrected chi connectivity index (χ1v) is 7.89. The van der Waals surface area contributed by atoms with E-state index in [1.54, 1.807) is 28.8 Å². The molecule has 0 fully saturated rings. The van der Waals surface area contributed by atoms with Crippen molar-refractivity contribution in [1.82, 2.24) is 14.3 Å². The fourth-order valence-corrected chi connectivity index (χ4v) is 2.73. The second-order valence-corrected chi connectivity index (χ2v) is 6.16. The van der Waals surface area contributed by atoms with Crippen LogP contribution in [0.25, 0.3) is 5.65 Å². The normalized spacial score (nSPS) is 12.7. The Morgan fingerprint density at radius 3 is 2.62 bits per heavy atom. The maximum Gasteiger partial charge on any atom is 0.258 e. The van der Waals surface area contributed by atoms with Crippen molar-refractivity contribution in [3.05, 3.63) is 81.7 Å². The van der Waals surface area contributed by atoms with Crippen molar-refractivity contribution in [2.75, 3.05) is 7.05 Å². The third-order valence-corrected chi connectivity index (χ3v) is 4.29. The van der Waals surface area contributed by atoms with Crippen molar-refractivity contribution < 1.29 is 4.39 Å². The smallest absolute Gasteiger partial charge is 0.258 e. The first-order valence-electron chi connectivity index (χ1n) is 7.89. The third-order valence-electron chi connectivity index (χ3n) is 4.29. The van der Waals surface area contributed by atoms with Crippen molar-refractivity contribution in [2.45, 2.75) is 26.4 Å². The molecule has 0 bridgehead atoms. The van der Waals surface area contributed by atoms with Crippen LogP contribution < -0.4 is 5.56 Å². The van der Waals surface area contributed by atoms with E-state index < -0.39 is 0 Å². The number of halogens is 1. The van der Waals surface area contributed by atoms with Gasteiger partial charge >= 0.3 is 0 Å². The summed E-state index contributed by atoms with van der Waals surface area (Å²) in [5.41, 5.74) is 3.32. The highest BCUT2D eigenvalue weighted by Crippen LogP contribution is 2.20. The predicted octanol–water partition coefficient (Wildman–Crippen LogP) is 3.34. The molecule has 3 aromatic rings. The van der Waals surface area contributed by atoms with Crippen molar-refractivity contribution in [2.24, 2.45) is 0 Å². The fraction of sp³-hybridized carbons (Fsp3) is 0.263. The Balaban J connectivity index is 1.84. The summed E-state index contributed by atoms with van der Waals surface area (Å²) in [5.74, 6) is -0.242. The van der Waals surface area contributed by atoms with Crippen LogP contribution in [0.3, 0.4) is 0 Å². The van der Waals surface area contributed by atoms with Gasteiger partial charge in [0, 0.05) is 24.8 Å². The molecule has 0 radical (unpaired) electrons. The highest BCUT2D eigenvalue weighted by atomic mass is 19.1. The van der Waals surface area contributed by atoms with E-state index in [1.807, 2.05) is 33.0 Å². The minimum atomic E-state index is -0.242. The minimum absolute atomic E-state index is 0.0819. The van der Waals surface area contributed by atoms with Crippen LogP contribution in [0.4, 0.5) is 4.39 Å². The number of nitrogens with zero attached hydrogens (tertiary/aromatic N) is 3. The standard InChI is InChI=1S/C19H20FN3O/c1-13-4-9-18-21-17(10-19(24)23(18)11-13)12-22(3)14(2)15-5-7-16(20)8-6-15/h4-11,14H,12H2,1-3H3. The molecule has 0 aliphatic carbocycles. The Hall–Kier alpha value is -2.53. The summed E-state index contributed by atoms with van der Waals surface area (Å²) in [4.78, 5) is 18.9. The second-order valence-electron chi connectivity index (χ2n) is 6.16. The van der Waals surface area contributed by atoms with Crippen LogP contribution in [0.2, 0.25) is 0 Å². The molecule has 3 rings (SSSR count). The van der Waals surface area contributed by atoms with Gasteiger partial charge in [-0.2, -0.15) is 0 Å². The molecule has 0 aliphatic rings. The van der Waals surface area contributed by atoms with Crippen LogP contribution in [0.1, 0.15) is 29.8 Å². The van der Waals surface area contributed by atoms with Crippen molar-refractivity contribution >= 4 is 5.65 Å². The van der Waals surface area contributed by atoms with E-state index in [9.17, 15) is 9.18 Å². The van der Waals surface area contributed by atoms with Crippen LogP contribution in [0, 0.1) is 12.7 Å². The first kappa shape index (κ1) is 16.3. The number of benzene rings is 1. The Morgan fingerprint density at radius 2 is 1.92 bits per heavy atom. The van der Waals surface area contributed by atoms with E-state index in [4.69, 9.17) is 0 Å². The van der Waals surface area contributed by atoms with Gasteiger partial charge in [0.1, 0.15) is 11.5 Å². The minimum Gasteiger partial charge on any atom is -0.294 e. The van der Waals surface area contributed by atoms with Gasteiger partial charge in [-0.25, -0.2) is 9.37 Å². The van der Waals surface area contributed by atoms with Crippen molar-refractivity contribution in [1.29, 1.82) is 0 Å². The van der Waals surface area contributed by atoms with E-state index in [0.717, 1.165) is 16.8 Å². The molecule has 2 heterocycles. The number of fused-ring (bicyclic) bond motifs is 1. The molecule has 124 valence electrons. The van der Waals surface area contributed by atoms with Gasteiger partial charge in [-0.15, -0.1) is 0 Å². The Morgan fingerprint density at radius 1 is 1.21 bits per heavy atom. The molecule has 0 N–H and O–H groups in total. The van der Waals surface area contributed by atoms with Gasteiger partial charge in [0.25, 0.3) is 5.56 Å². The molecule has 0 saturated carbocycles. The van der Waals surface area contributed by atoms with E-state index in [2.05, 4.69) is 9.88 Å². The molecular weight excluding hydrogens is 305 g/mol. The molecule has 0 spiro atoms. The number of rotatable bonds is 4. The van der Waals surface area contributed by atoms with E-state index in [-0.39, 0.29) is 17.4 Å². The van der Waals surface area contributed by atoms with Gasteiger partial charge in [0.2, 0.25) is 0 Å². The first-order chi connectivity index (χ1) is 11.4. The number of aryl methyl sites for hydroxylation is 1. The summed E-state index contributed by atoms with van der Waals surface area (Å²) in [6, 6.07) is 11.9. The molecule has 0 aliphatic heterocycles. The van der Waals surface area contributed by atoms with Gasteiger partial charge in [0.05, 0.1) is 5.69 Å². The highest BCUT2D eigenvalue weighted by Gasteiger charge is 2.13. The summed E-state index contributed by atoms with van der Waals surface area (Å²) in [5, 5.41) is 0. The molecule has 0 saturated heterocycles. The van der Waals surface area contributed by atoms with E-state index >= 15 is 0 Å². The van der Waals surface area contributed by atoms with E-state index in [0.29, 0.717) is 12.2 Å². The molecule has 0 amide bonds. The van der Waals surface area contributed by atoms with Crippen molar-refractivity contribution in [3.63, 3.8) is 0 Å². The van der Waals surface area contributed by atoms with Crippen LogP contribution >= 0.6 is 0 Å². The number of hydrogen-bond acceptors (Lipinski definition) is 3. The Kier molecular flexibility index (Phi) is 4.44. The van der Waals surface area contributed by atoms with Gasteiger partial charge < -0.3 is 0 Å². The second kappa shape index (κ2) is 6.53. The lowest BCUT2D eigenvalue weighted by atomic mass is 10.1. The lowest BCUT2D eigenvalue weighted by Crippen LogP contribution is -2.24. The lowest BCUT2D eigenvalue weighted by Gasteiger charge is -2.24. The summed E-state index contributed by atoms with van der Waals surface area (Å²) in [6.07, 6.45) is 1.79. The van der Waals surface area contributed by atoms with E-state index in [1.165, 1.54) is 12.1 Å². The summed E-state index contributed by atoms with van der Waals surface area (Å²) in [7, 11) is 1.96. The molecule has 1 unspecified atom stereocenters. The quantitative estimate of drug-likeness (QED) is 0.738. The fourth-order valence-electron chi connectivity index (χ4n) is 2.73. The SMILES string of the molecule is Cc1ccc2nc(CN(C)C(C)c3ccc(F)cc3)cc(=O)n2c1. The Bertz CT molecular complexity index is 918. The van der Waals surface area contributed by atoms with Crippen LogP contribution in [-0.4, -0.2) is 21.3 Å². The summed E-state index contributed by atoms with van der Waals surface area (Å²) in [6.45, 7) is 4.53. The molecule has 24 heavy (non-hydrogen) atoms. The van der Waals surface area contributed by atoms with Gasteiger partial charge in [-0.05, 0) is 50.2 Å². The topological polar surface area (TPSA) is 37.6 Å². The van der Waals surface area contributed by atoms with Gasteiger partial charge in [0.15, 0.2) is 0 Å². The zero-order chi connectivity index (χ0) is 17.3. The number of hydrogen-bond donors (Lipinski definition) is 0. The monoisotopic (exact) mass is 325 g/mol. The predicted molar refractivity (Wildman–Crippen MR) is 92.5 cm³/mol. The number of aromatic nitrogens is 2. The zero-order valence-corrected chi connectivity index (χ0v) is 14.0. The van der Waals surface area contributed by atoms with Gasteiger partial charge in [-0.3, -0.25) is 14.1 Å². The zero-order valence-electron chi connectivity index (χ0n) is 14.0. The van der Waals surface area contributed by atoms with Crippen molar-refractivity contribution in [3.8, 4) is 0 Å². The third kappa shape index (κ3) is 3.36. The Labute approximate surface area is 140 Å².